The van der Waals surface area contributed by atoms with Crippen molar-refractivity contribution in [2.75, 3.05) is 0 Å². The van der Waals surface area contributed by atoms with E-state index in [4.69, 9.17) is 4.74 Å². The number of benzene rings is 3. The van der Waals surface area contributed by atoms with E-state index in [1.807, 2.05) is 55.5 Å². The van der Waals surface area contributed by atoms with Crippen molar-refractivity contribution in [3.05, 3.63) is 88.6 Å². The smallest absolute Gasteiger partial charge is 0.294 e. The van der Waals surface area contributed by atoms with Gasteiger partial charge >= 0.3 is 0 Å². The van der Waals surface area contributed by atoms with Crippen molar-refractivity contribution in [2.45, 2.75) is 11.8 Å². The standard InChI is InChI=1S/C23H19NO5S/c1-15-3-7-17(8-4-15)29-18-9-5-16(6-10-18)22-14-23(25)20-13-19(30(26,27)28)11-12-21(20)24(22)2/h3-14H,1-2H3,(H,26,27,28). The summed E-state index contributed by atoms with van der Waals surface area (Å²) in [5.74, 6) is 1.41. The van der Waals surface area contributed by atoms with Crippen LogP contribution in [0.4, 0.5) is 0 Å². The Labute approximate surface area is 173 Å². The highest BCUT2D eigenvalue weighted by Gasteiger charge is 2.14. The Morgan fingerprint density at radius 3 is 2.07 bits per heavy atom. The second-order valence-electron chi connectivity index (χ2n) is 7.05. The van der Waals surface area contributed by atoms with Crippen molar-refractivity contribution in [1.82, 2.24) is 4.57 Å². The highest BCUT2D eigenvalue weighted by atomic mass is 32.2. The molecule has 0 fully saturated rings. The molecule has 0 saturated heterocycles. The molecule has 3 aromatic carbocycles. The fraction of sp³-hybridized carbons (Fsp3) is 0.0870. The molecule has 0 saturated carbocycles. The molecule has 1 N–H and O–H groups in total. The number of hydrogen-bond donors (Lipinski definition) is 1. The first-order valence-electron chi connectivity index (χ1n) is 9.18. The van der Waals surface area contributed by atoms with Gasteiger partial charge in [-0.3, -0.25) is 9.35 Å². The molecule has 0 bridgehead atoms. The molecule has 30 heavy (non-hydrogen) atoms. The van der Waals surface area contributed by atoms with Gasteiger partial charge in [0.25, 0.3) is 10.1 Å². The first kappa shape index (κ1) is 19.9. The van der Waals surface area contributed by atoms with Crippen LogP contribution < -0.4 is 10.2 Å². The summed E-state index contributed by atoms with van der Waals surface area (Å²) in [6.45, 7) is 2.01. The van der Waals surface area contributed by atoms with Crippen LogP contribution in [0.25, 0.3) is 22.2 Å². The largest absolute Gasteiger partial charge is 0.457 e. The number of aromatic nitrogens is 1. The van der Waals surface area contributed by atoms with Crippen molar-refractivity contribution in [3.63, 3.8) is 0 Å². The summed E-state index contributed by atoms with van der Waals surface area (Å²) >= 11 is 0. The van der Waals surface area contributed by atoms with Crippen LogP contribution in [-0.2, 0) is 17.2 Å². The van der Waals surface area contributed by atoms with E-state index in [1.165, 1.54) is 24.3 Å². The minimum absolute atomic E-state index is 0.218. The average Bonchev–Trinajstić information content (AvgIpc) is 2.72. The molecule has 0 spiro atoms. The average molecular weight is 421 g/mol. The maximum Gasteiger partial charge on any atom is 0.294 e. The summed E-state index contributed by atoms with van der Waals surface area (Å²) in [5.41, 5.74) is 2.87. The normalized spacial score (nSPS) is 11.6. The predicted octanol–water partition coefficient (Wildman–Crippen LogP) is 4.55. The Kier molecular flexibility index (Phi) is 4.93. The second kappa shape index (κ2) is 7.44. The number of aryl methyl sites for hydroxylation is 2. The summed E-state index contributed by atoms with van der Waals surface area (Å²) in [6, 6.07) is 20.5. The Bertz CT molecular complexity index is 1400. The van der Waals surface area contributed by atoms with Crippen LogP contribution in [0.3, 0.4) is 0 Å². The monoisotopic (exact) mass is 421 g/mol. The van der Waals surface area contributed by atoms with Gasteiger partial charge in [0.2, 0.25) is 0 Å². The molecule has 0 amide bonds. The van der Waals surface area contributed by atoms with E-state index in [0.29, 0.717) is 17.0 Å². The third-order valence-corrected chi connectivity index (χ3v) is 5.78. The highest BCUT2D eigenvalue weighted by molar-refractivity contribution is 7.85. The summed E-state index contributed by atoms with van der Waals surface area (Å²) in [4.78, 5) is 12.3. The van der Waals surface area contributed by atoms with Crippen molar-refractivity contribution in [2.24, 2.45) is 7.05 Å². The van der Waals surface area contributed by atoms with Gasteiger partial charge in [-0.1, -0.05) is 17.7 Å². The van der Waals surface area contributed by atoms with Gasteiger partial charge in [0.15, 0.2) is 5.43 Å². The van der Waals surface area contributed by atoms with E-state index >= 15 is 0 Å². The van der Waals surface area contributed by atoms with E-state index in [1.54, 1.807) is 11.6 Å². The van der Waals surface area contributed by atoms with Gasteiger partial charge < -0.3 is 9.30 Å². The lowest BCUT2D eigenvalue weighted by Gasteiger charge is -2.14. The number of rotatable bonds is 4. The molecular formula is C23H19NO5S. The molecule has 4 aromatic rings. The summed E-state index contributed by atoms with van der Waals surface area (Å²) in [6.07, 6.45) is 0. The zero-order valence-corrected chi connectivity index (χ0v) is 17.2. The molecule has 0 aliphatic carbocycles. The molecule has 1 aromatic heterocycles. The van der Waals surface area contributed by atoms with Gasteiger partial charge in [-0.15, -0.1) is 0 Å². The predicted molar refractivity (Wildman–Crippen MR) is 116 cm³/mol. The van der Waals surface area contributed by atoms with E-state index in [-0.39, 0.29) is 15.7 Å². The molecule has 0 radical (unpaired) electrons. The van der Waals surface area contributed by atoms with Crippen LogP contribution in [0.1, 0.15) is 5.56 Å². The van der Waals surface area contributed by atoms with Gasteiger partial charge in [0, 0.05) is 18.5 Å². The van der Waals surface area contributed by atoms with E-state index in [9.17, 15) is 17.8 Å². The number of nitrogens with zero attached hydrogens (tertiary/aromatic N) is 1. The van der Waals surface area contributed by atoms with Crippen LogP contribution in [0, 0.1) is 6.92 Å². The van der Waals surface area contributed by atoms with Gasteiger partial charge in [0.1, 0.15) is 11.5 Å². The second-order valence-corrected chi connectivity index (χ2v) is 8.47. The SMILES string of the molecule is Cc1ccc(Oc2ccc(-c3cc(=O)c4cc(S(=O)(=O)O)ccc4n3C)cc2)cc1. The highest BCUT2D eigenvalue weighted by Crippen LogP contribution is 2.27. The zero-order valence-electron chi connectivity index (χ0n) is 16.4. The molecular weight excluding hydrogens is 402 g/mol. The van der Waals surface area contributed by atoms with Gasteiger partial charge in [0.05, 0.1) is 16.1 Å². The van der Waals surface area contributed by atoms with Gasteiger partial charge in [-0.25, -0.2) is 0 Å². The van der Waals surface area contributed by atoms with E-state index in [0.717, 1.165) is 16.9 Å². The minimum atomic E-state index is -4.38. The molecule has 0 unspecified atom stereocenters. The number of ether oxygens (including phenoxy) is 1. The fourth-order valence-corrected chi connectivity index (χ4v) is 3.81. The Hall–Kier alpha value is -3.42. The van der Waals surface area contributed by atoms with Crippen LogP contribution >= 0.6 is 0 Å². The minimum Gasteiger partial charge on any atom is -0.457 e. The first-order valence-corrected chi connectivity index (χ1v) is 10.6. The van der Waals surface area contributed by atoms with Crippen LogP contribution in [0.2, 0.25) is 0 Å². The molecule has 7 heteroatoms. The first-order chi connectivity index (χ1) is 14.2. The van der Waals surface area contributed by atoms with Crippen LogP contribution in [0.15, 0.2) is 82.5 Å². The Morgan fingerprint density at radius 2 is 1.47 bits per heavy atom. The maximum atomic E-state index is 12.6. The molecule has 0 aliphatic heterocycles. The van der Waals surface area contributed by atoms with Crippen molar-refractivity contribution in [1.29, 1.82) is 0 Å². The summed E-state index contributed by atoms with van der Waals surface area (Å²) < 4.78 is 39.6. The topological polar surface area (TPSA) is 85.6 Å². The van der Waals surface area contributed by atoms with Crippen LogP contribution in [-0.4, -0.2) is 17.5 Å². The molecule has 0 aliphatic rings. The molecule has 152 valence electrons. The molecule has 0 atom stereocenters. The maximum absolute atomic E-state index is 12.6. The lowest BCUT2D eigenvalue weighted by molar-refractivity contribution is 0.482. The van der Waals surface area contributed by atoms with E-state index < -0.39 is 10.1 Å². The molecule has 4 rings (SSSR count). The summed E-state index contributed by atoms with van der Waals surface area (Å²) in [7, 11) is -2.59. The molecule has 6 nitrogen and oxygen atoms in total. The lowest BCUT2D eigenvalue weighted by Crippen LogP contribution is -2.10. The Balaban J connectivity index is 1.71. The number of pyridine rings is 1. The fourth-order valence-electron chi connectivity index (χ4n) is 3.31. The number of fused-ring (bicyclic) bond motifs is 1. The van der Waals surface area contributed by atoms with Gasteiger partial charge in [-0.2, -0.15) is 8.42 Å². The van der Waals surface area contributed by atoms with Crippen molar-refractivity contribution >= 4 is 21.0 Å². The van der Waals surface area contributed by atoms with Crippen LogP contribution in [0.5, 0.6) is 11.5 Å². The van der Waals surface area contributed by atoms with Crippen molar-refractivity contribution < 1.29 is 17.7 Å². The quantitative estimate of drug-likeness (QED) is 0.489. The third-order valence-electron chi connectivity index (χ3n) is 4.93. The molecule has 1 heterocycles. The summed E-state index contributed by atoms with van der Waals surface area (Å²) in [5, 5.41) is 0.218. The Morgan fingerprint density at radius 1 is 0.867 bits per heavy atom. The van der Waals surface area contributed by atoms with E-state index in [2.05, 4.69) is 0 Å². The third kappa shape index (κ3) is 3.85. The number of hydrogen-bond acceptors (Lipinski definition) is 4. The van der Waals surface area contributed by atoms with Gasteiger partial charge in [-0.05, 0) is 67.1 Å². The van der Waals surface area contributed by atoms with Crippen molar-refractivity contribution in [3.8, 4) is 22.8 Å². The zero-order chi connectivity index (χ0) is 21.5. The lowest BCUT2D eigenvalue weighted by atomic mass is 10.1.